The van der Waals surface area contributed by atoms with Crippen molar-refractivity contribution in [3.05, 3.63) is 47.5 Å². The van der Waals surface area contributed by atoms with E-state index in [0.29, 0.717) is 36.8 Å². The van der Waals surface area contributed by atoms with E-state index in [2.05, 4.69) is 16.0 Å². The predicted octanol–water partition coefficient (Wildman–Crippen LogP) is 2.46. The molecule has 1 fully saturated rings. The number of hydrogen-bond acceptors (Lipinski definition) is 5. The molecule has 3 heterocycles. The molecule has 0 radical (unpaired) electrons. The van der Waals surface area contributed by atoms with Gasteiger partial charge in [0.05, 0.1) is 5.56 Å². The first kappa shape index (κ1) is 16.1. The highest BCUT2D eigenvalue weighted by Crippen LogP contribution is 2.19. The molecule has 0 N–H and O–H groups in total. The summed E-state index contributed by atoms with van der Waals surface area (Å²) >= 11 is 0. The molecular weight excluding hydrogens is 304 g/mol. The van der Waals surface area contributed by atoms with Gasteiger partial charge in [0.1, 0.15) is 17.6 Å². The third kappa shape index (κ3) is 3.25. The number of nitrogens with zero attached hydrogens (tertiary/aromatic N) is 4. The fourth-order valence-electron chi connectivity index (χ4n) is 2.91. The van der Waals surface area contributed by atoms with Crippen molar-refractivity contribution in [1.29, 1.82) is 5.26 Å². The van der Waals surface area contributed by atoms with Crippen LogP contribution in [0.15, 0.2) is 34.9 Å². The second kappa shape index (κ2) is 7.18. The Balaban J connectivity index is 1.71. The third-order valence-corrected chi connectivity index (χ3v) is 4.21. The van der Waals surface area contributed by atoms with Crippen LogP contribution in [0.25, 0.3) is 0 Å². The Hall–Kier alpha value is -2.81. The van der Waals surface area contributed by atoms with Gasteiger partial charge in [0.25, 0.3) is 5.91 Å². The lowest BCUT2D eigenvalue weighted by Gasteiger charge is -2.23. The van der Waals surface area contributed by atoms with Crippen molar-refractivity contribution in [3.8, 4) is 6.07 Å². The minimum absolute atomic E-state index is 0.0712. The highest BCUT2D eigenvalue weighted by molar-refractivity contribution is 5.91. The van der Waals surface area contributed by atoms with E-state index in [1.54, 1.807) is 24.4 Å². The van der Waals surface area contributed by atoms with Crippen LogP contribution in [0, 0.1) is 11.3 Å². The van der Waals surface area contributed by atoms with Gasteiger partial charge in [-0.25, -0.2) is 4.98 Å². The Bertz CT molecular complexity index is 762. The Morgan fingerprint density at radius 1 is 1.29 bits per heavy atom. The average molecular weight is 324 g/mol. The summed E-state index contributed by atoms with van der Waals surface area (Å²) in [4.78, 5) is 20.8. The van der Waals surface area contributed by atoms with Crippen LogP contribution in [-0.2, 0) is 6.42 Å². The van der Waals surface area contributed by atoms with Crippen LogP contribution in [0.5, 0.6) is 0 Å². The Labute approximate surface area is 141 Å². The first-order valence-corrected chi connectivity index (χ1v) is 8.21. The van der Waals surface area contributed by atoms with Crippen LogP contribution in [0.2, 0.25) is 0 Å². The van der Waals surface area contributed by atoms with Crippen molar-refractivity contribution >= 4 is 11.7 Å². The molecule has 1 saturated heterocycles. The van der Waals surface area contributed by atoms with E-state index in [4.69, 9.17) is 4.42 Å². The molecule has 0 saturated carbocycles. The van der Waals surface area contributed by atoms with Crippen molar-refractivity contribution in [1.82, 2.24) is 9.88 Å². The zero-order chi connectivity index (χ0) is 16.9. The SMILES string of the molecule is CCc1ccc(C(=O)N2CCCN(c3ncccc3C#N)CC2)o1. The molecule has 0 spiro atoms. The van der Waals surface area contributed by atoms with E-state index in [0.717, 1.165) is 25.1 Å². The summed E-state index contributed by atoms with van der Waals surface area (Å²) in [5.74, 6) is 1.84. The second-order valence-electron chi connectivity index (χ2n) is 5.74. The van der Waals surface area contributed by atoms with E-state index in [-0.39, 0.29) is 5.91 Å². The van der Waals surface area contributed by atoms with Crippen molar-refractivity contribution in [2.45, 2.75) is 19.8 Å². The maximum Gasteiger partial charge on any atom is 0.289 e. The van der Waals surface area contributed by atoms with E-state index in [1.165, 1.54) is 0 Å². The van der Waals surface area contributed by atoms with E-state index in [9.17, 15) is 10.1 Å². The predicted molar refractivity (Wildman–Crippen MR) is 89.8 cm³/mol. The molecule has 2 aromatic heterocycles. The largest absolute Gasteiger partial charge is 0.456 e. The van der Waals surface area contributed by atoms with E-state index < -0.39 is 0 Å². The highest BCUT2D eigenvalue weighted by atomic mass is 16.4. The van der Waals surface area contributed by atoms with Gasteiger partial charge in [-0.05, 0) is 30.7 Å². The lowest BCUT2D eigenvalue weighted by molar-refractivity contribution is 0.0733. The molecule has 0 aromatic carbocycles. The van der Waals surface area contributed by atoms with Crippen LogP contribution in [-0.4, -0.2) is 42.0 Å². The Morgan fingerprint density at radius 2 is 2.17 bits per heavy atom. The van der Waals surface area contributed by atoms with Gasteiger partial charge in [0, 0.05) is 38.8 Å². The standard InChI is InChI=1S/C18H20N4O2/c1-2-15-6-7-16(24-15)18(23)22-10-4-9-21(11-12-22)17-14(13-19)5-3-8-20-17/h3,5-8H,2,4,9-12H2,1H3. The molecule has 3 rings (SSSR count). The number of aromatic nitrogens is 1. The summed E-state index contributed by atoms with van der Waals surface area (Å²) in [6.45, 7) is 4.68. The molecule has 1 aliphatic rings. The first-order valence-electron chi connectivity index (χ1n) is 8.21. The number of amides is 1. The molecule has 1 aliphatic heterocycles. The summed E-state index contributed by atoms with van der Waals surface area (Å²) in [5.41, 5.74) is 0.566. The minimum Gasteiger partial charge on any atom is -0.456 e. The van der Waals surface area contributed by atoms with Gasteiger partial charge >= 0.3 is 0 Å². The molecule has 2 aromatic rings. The van der Waals surface area contributed by atoms with Crippen molar-refractivity contribution < 1.29 is 9.21 Å². The normalized spacial score (nSPS) is 15.0. The molecule has 0 aliphatic carbocycles. The number of nitriles is 1. The first-order chi connectivity index (χ1) is 11.7. The van der Waals surface area contributed by atoms with Crippen LogP contribution in [0.1, 0.15) is 35.2 Å². The monoisotopic (exact) mass is 324 g/mol. The lowest BCUT2D eigenvalue weighted by atomic mass is 10.2. The number of pyridine rings is 1. The van der Waals surface area contributed by atoms with Gasteiger partial charge < -0.3 is 14.2 Å². The number of anilines is 1. The van der Waals surface area contributed by atoms with Crippen LogP contribution >= 0.6 is 0 Å². The van der Waals surface area contributed by atoms with Crippen LogP contribution in [0.4, 0.5) is 5.82 Å². The van der Waals surface area contributed by atoms with Gasteiger partial charge in [-0.3, -0.25) is 4.79 Å². The summed E-state index contributed by atoms with van der Waals surface area (Å²) < 4.78 is 5.58. The molecule has 0 atom stereocenters. The molecule has 1 amide bonds. The maximum atomic E-state index is 12.6. The second-order valence-corrected chi connectivity index (χ2v) is 5.74. The molecular formula is C18H20N4O2. The van der Waals surface area contributed by atoms with Gasteiger partial charge in [0.15, 0.2) is 5.76 Å². The Kier molecular flexibility index (Phi) is 4.80. The highest BCUT2D eigenvalue weighted by Gasteiger charge is 2.23. The molecule has 0 unspecified atom stereocenters. The van der Waals surface area contributed by atoms with Gasteiger partial charge in [-0.2, -0.15) is 5.26 Å². The fourth-order valence-corrected chi connectivity index (χ4v) is 2.91. The van der Waals surface area contributed by atoms with Gasteiger partial charge in [0.2, 0.25) is 0 Å². The molecule has 6 heteroatoms. The number of hydrogen-bond donors (Lipinski definition) is 0. The molecule has 0 bridgehead atoms. The van der Waals surface area contributed by atoms with Crippen molar-refractivity contribution in [2.24, 2.45) is 0 Å². The number of carbonyl (C=O) groups is 1. The van der Waals surface area contributed by atoms with Crippen LogP contribution < -0.4 is 4.90 Å². The quantitative estimate of drug-likeness (QED) is 0.867. The zero-order valence-electron chi connectivity index (χ0n) is 13.7. The van der Waals surface area contributed by atoms with E-state index in [1.807, 2.05) is 17.9 Å². The average Bonchev–Trinajstić information content (AvgIpc) is 2.98. The van der Waals surface area contributed by atoms with Gasteiger partial charge in [-0.1, -0.05) is 6.92 Å². The Morgan fingerprint density at radius 3 is 2.92 bits per heavy atom. The third-order valence-electron chi connectivity index (χ3n) is 4.21. The summed E-state index contributed by atoms with van der Waals surface area (Å²) in [6.07, 6.45) is 3.30. The summed E-state index contributed by atoms with van der Waals surface area (Å²) in [5, 5.41) is 9.24. The van der Waals surface area contributed by atoms with Crippen molar-refractivity contribution in [2.75, 3.05) is 31.1 Å². The van der Waals surface area contributed by atoms with E-state index >= 15 is 0 Å². The number of carbonyl (C=O) groups excluding carboxylic acids is 1. The summed E-state index contributed by atoms with van der Waals surface area (Å²) in [7, 11) is 0. The van der Waals surface area contributed by atoms with Gasteiger partial charge in [-0.15, -0.1) is 0 Å². The fraction of sp³-hybridized carbons (Fsp3) is 0.389. The topological polar surface area (TPSA) is 73.4 Å². The molecule has 24 heavy (non-hydrogen) atoms. The molecule has 6 nitrogen and oxygen atoms in total. The number of furan rings is 1. The smallest absolute Gasteiger partial charge is 0.289 e. The lowest BCUT2D eigenvalue weighted by Crippen LogP contribution is -2.35. The molecule has 124 valence electrons. The van der Waals surface area contributed by atoms with Crippen molar-refractivity contribution in [3.63, 3.8) is 0 Å². The van der Waals surface area contributed by atoms with Crippen LogP contribution in [0.3, 0.4) is 0 Å². The zero-order valence-corrected chi connectivity index (χ0v) is 13.7. The number of aryl methyl sites for hydroxylation is 1. The number of rotatable bonds is 3. The maximum absolute atomic E-state index is 12.6. The summed E-state index contributed by atoms with van der Waals surface area (Å²) in [6, 6.07) is 9.31. The minimum atomic E-state index is -0.0712.